The first kappa shape index (κ1) is 12.6. The van der Waals surface area contributed by atoms with Crippen LogP contribution in [0, 0.1) is 5.92 Å². The molecule has 3 nitrogen and oxygen atoms in total. The Morgan fingerprint density at radius 1 is 1.44 bits per heavy atom. The van der Waals surface area contributed by atoms with Gasteiger partial charge in [0.05, 0.1) is 5.92 Å². The number of anilines is 1. The van der Waals surface area contributed by atoms with Gasteiger partial charge in [0.1, 0.15) is 0 Å². The molecule has 16 heavy (non-hydrogen) atoms. The molecular weight excluding hydrogens is 202 g/mol. The zero-order valence-electron chi connectivity index (χ0n) is 9.86. The van der Waals surface area contributed by atoms with Gasteiger partial charge in [-0.2, -0.15) is 0 Å². The number of nitrogens with one attached hydrogen (secondary N) is 1. The van der Waals surface area contributed by atoms with E-state index in [1.807, 2.05) is 18.2 Å². The Balaban J connectivity index is 2.62. The molecular formula is C13H19NO2. The van der Waals surface area contributed by atoms with Crippen molar-refractivity contribution in [2.24, 2.45) is 5.92 Å². The minimum atomic E-state index is -0.763. The van der Waals surface area contributed by atoms with Gasteiger partial charge in [-0.3, -0.25) is 4.79 Å². The van der Waals surface area contributed by atoms with Crippen molar-refractivity contribution in [3.8, 4) is 0 Å². The standard InChI is InChI=1S/C13H19NO2/c1-3-6-11-7-4-5-8-12(11)14-9-10(2)13(15)16/h4-5,7-8,10,14H,3,6,9H2,1-2H3,(H,15,16). The second-order valence-electron chi connectivity index (χ2n) is 4.03. The van der Waals surface area contributed by atoms with Gasteiger partial charge in [-0.05, 0) is 18.1 Å². The molecule has 0 amide bonds. The number of aliphatic carboxylic acids is 1. The molecule has 0 saturated carbocycles. The van der Waals surface area contributed by atoms with Crippen molar-refractivity contribution >= 4 is 11.7 Å². The van der Waals surface area contributed by atoms with Crippen LogP contribution in [-0.2, 0) is 11.2 Å². The van der Waals surface area contributed by atoms with Crippen LogP contribution < -0.4 is 5.32 Å². The maximum Gasteiger partial charge on any atom is 0.308 e. The van der Waals surface area contributed by atoms with Crippen LogP contribution in [0.5, 0.6) is 0 Å². The summed E-state index contributed by atoms with van der Waals surface area (Å²) in [6.45, 7) is 4.31. The molecule has 0 aliphatic carbocycles. The van der Waals surface area contributed by atoms with Gasteiger partial charge in [-0.15, -0.1) is 0 Å². The molecule has 0 bridgehead atoms. The predicted molar refractivity (Wildman–Crippen MR) is 65.7 cm³/mol. The molecule has 0 aromatic heterocycles. The molecule has 0 radical (unpaired) electrons. The van der Waals surface area contributed by atoms with Gasteiger partial charge in [0.2, 0.25) is 0 Å². The fourth-order valence-corrected chi connectivity index (χ4v) is 1.53. The molecule has 1 aromatic carbocycles. The van der Waals surface area contributed by atoms with Crippen LogP contribution >= 0.6 is 0 Å². The number of hydrogen-bond acceptors (Lipinski definition) is 2. The second kappa shape index (κ2) is 6.16. The molecule has 0 aliphatic heterocycles. The summed E-state index contributed by atoms with van der Waals surface area (Å²) in [5.41, 5.74) is 2.31. The summed E-state index contributed by atoms with van der Waals surface area (Å²) in [7, 11) is 0. The normalized spacial score (nSPS) is 12.1. The number of benzene rings is 1. The first-order chi connectivity index (χ1) is 7.65. The van der Waals surface area contributed by atoms with Gasteiger partial charge in [0.15, 0.2) is 0 Å². The van der Waals surface area contributed by atoms with E-state index in [1.54, 1.807) is 6.92 Å². The van der Waals surface area contributed by atoms with E-state index in [4.69, 9.17) is 5.11 Å². The fourth-order valence-electron chi connectivity index (χ4n) is 1.53. The lowest BCUT2D eigenvalue weighted by Gasteiger charge is -2.13. The molecule has 0 saturated heterocycles. The van der Waals surface area contributed by atoms with E-state index in [0.29, 0.717) is 6.54 Å². The number of rotatable bonds is 6. The third kappa shape index (κ3) is 3.57. The van der Waals surface area contributed by atoms with Gasteiger partial charge in [0.25, 0.3) is 0 Å². The molecule has 1 atom stereocenters. The highest BCUT2D eigenvalue weighted by Crippen LogP contribution is 2.17. The number of carboxylic acids is 1. The highest BCUT2D eigenvalue weighted by atomic mass is 16.4. The van der Waals surface area contributed by atoms with Crippen molar-refractivity contribution in [1.82, 2.24) is 0 Å². The quantitative estimate of drug-likeness (QED) is 0.776. The van der Waals surface area contributed by atoms with E-state index in [0.717, 1.165) is 18.5 Å². The molecule has 88 valence electrons. The maximum absolute atomic E-state index is 10.7. The molecule has 2 N–H and O–H groups in total. The summed E-state index contributed by atoms with van der Waals surface area (Å²) in [4.78, 5) is 10.7. The average Bonchev–Trinajstić information content (AvgIpc) is 2.27. The maximum atomic E-state index is 10.7. The number of carboxylic acid groups (broad SMARTS) is 1. The SMILES string of the molecule is CCCc1ccccc1NCC(C)C(=O)O. The molecule has 0 heterocycles. The smallest absolute Gasteiger partial charge is 0.308 e. The van der Waals surface area contributed by atoms with Gasteiger partial charge in [-0.25, -0.2) is 0 Å². The lowest BCUT2D eigenvalue weighted by molar-refractivity contribution is -0.140. The van der Waals surface area contributed by atoms with Crippen LogP contribution in [0.25, 0.3) is 0 Å². The van der Waals surface area contributed by atoms with Crippen LogP contribution in [0.1, 0.15) is 25.8 Å². The monoisotopic (exact) mass is 221 g/mol. The minimum absolute atomic E-state index is 0.366. The molecule has 1 aromatic rings. The van der Waals surface area contributed by atoms with Crippen LogP contribution in [0.15, 0.2) is 24.3 Å². The lowest BCUT2D eigenvalue weighted by atomic mass is 10.1. The van der Waals surface area contributed by atoms with Crippen molar-refractivity contribution in [2.75, 3.05) is 11.9 Å². The molecule has 3 heteroatoms. The Morgan fingerprint density at radius 3 is 2.75 bits per heavy atom. The van der Waals surface area contributed by atoms with Crippen molar-refractivity contribution < 1.29 is 9.90 Å². The summed E-state index contributed by atoms with van der Waals surface area (Å²) >= 11 is 0. The third-order valence-electron chi connectivity index (χ3n) is 2.56. The first-order valence-corrected chi connectivity index (χ1v) is 5.69. The van der Waals surface area contributed by atoms with Crippen LogP contribution in [-0.4, -0.2) is 17.6 Å². The van der Waals surface area contributed by atoms with E-state index in [-0.39, 0.29) is 5.92 Å². The summed E-state index contributed by atoms with van der Waals surface area (Å²) in [6.07, 6.45) is 2.11. The van der Waals surface area contributed by atoms with Crippen molar-refractivity contribution in [1.29, 1.82) is 0 Å². The number of para-hydroxylation sites is 1. The first-order valence-electron chi connectivity index (χ1n) is 5.69. The Hall–Kier alpha value is -1.51. The Bertz CT molecular complexity index is 350. The fraction of sp³-hybridized carbons (Fsp3) is 0.462. The summed E-state index contributed by atoms with van der Waals surface area (Å²) in [5.74, 6) is -1.13. The van der Waals surface area contributed by atoms with E-state index in [2.05, 4.69) is 18.3 Å². The minimum Gasteiger partial charge on any atom is -0.481 e. The van der Waals surface area contributed by atoms with Gasteiger partial charge < -0.3 is 10.4 Å². The number of hydrogen-bond donors (Lipinski definition) is 2. The molecule has 0 aliphatic rings. The van der Waals surface area contributed by atoms with E-state index in [9.17, 15) is 4.79 Å². The topological polar surface area (TPSA) is 49.3 Å². The second-order valence-corrected chi connectivity index (χ2v) is 4.03. The number of carbonyl (C=O) groups is 1. The third-order valence-corrected chi connectivity index (χ3v) is 2.56. The van der Waals surface area contributed by atoms with Crippen LogP contribution in [0.4, 0.5) is 5.69 Å². The highest BCUT2D eigenvalue weighted by molar-refractivity contribution is 5.70. The van der Waals surface area contributed by atoms with E-state index < -0.39 is 5.97 Å². The molecule has 0 fully saturated rings. The summed E-state index contributed by atoms with van der Waals surface area (Å²) in [5, 5.41) is 12.0. The van der Waals surface area contributed by atoms with Crippen LogP contribution in [0.3, 0.4) is 0 Å². The van der Waals surface area contributed by atoms with Gasteiger partial charge in [-0.1, -0.05) is 38.5 Å². The average molecular weight is 221 g/mol. The van der Waals surface area contributed by atoms with Gasteiger partial charge in [0, 0.05) is 12.2 Å². The van der Waals surface area contributed by atoms with Crippen LogP contribution in [0.2, 0.25) is 0 Å². The molecule has 1 unspecified atom stereocenters. The predicted octanol–water partition coefficient (Wildman–Crippen LogP) is 2.77. The van der Waals surface area contributed by atoms with Crippen molar-refractivity contribution in [2.45, 2.75) is 26.7 Å². The Morgan fingerprint density at radius 2 is 2.12 bits per heavy atom. The zero-order valence-corrected chi connectivity index (χ0v) is 9.86. The Kier molecular flexibility index (Phi) is 4.83. The Labute approximate surface area is 96.5 Å². The zero-order chi connectivity index (χ0) is 12.0. The molecule has 0 spiro atoms. The summed E-state index contributed by atoms with van der Waals surface area (Å²) in [6, 6.07) is 8.06. The lowest BCUT2D eigenvalue weighted by Crippen LogP contribution is -2.20. The largest absolute Gasteiger partial charge is 0.481 e. The van der Waals surface area contributed by atoms with Gasteiger partial charge >= 0.3 is 5.97 Å². The number of aryl methyl sites for hydroxylation is 1. The molecule has 1 rings (SSSR count). The van der Waals surface area contributed by atoms with E-state index in [1.165, 1.54) is 5.56 Å². The highest BCUT2D eigenvalue weighted by Gasteiger charge is 2.10. The van der Waals surface area contributed by atoms with Crippen molar-refractivity contribution in [3.05, 3.63) is 29.8 Å². The van der Waals surface area contributed by atoms with Crippen molar-refractivity contribution in [3.63, 3.8) is 0 Å². The van der Waals surface area contributed by atoms with E-state index >= 15 is 0 Å². The summed E-state index contributed by atoms with van der Waals surface area (Å²) < 4.78 is 0.